The molecule has 2 amide bonds. The number of pyridine rings is 2. The molecule has 1 fully saturated rings. The molecule has 6 nitrogen and oxygen atoms in total. The highest BCUT2D eigenvalue weighted by Crippen LogP contribution is 2.33. The second-order valence-corrected chi connectivity index (χ2v) is 6.40. The Labute approximate surface area is 151 Å². The lowest BCUT2D eigenvalue weighted by Crippen LogP contribution is -2.34. The summed E-state index contributed by atoms with van der Waals surface area (Å²) in [5.41, 5.74) is 3.10. The van der Waals surface area contributed by atoms with E-state index in [9.17, 15) is 10.1 Å². The summed E-state index contributed by atoms with van der Waals surface area (Å²) in [6.45, 7) is 4.10. The number of benzene rings is 1. The SMILES string of the molecule is Cc1cc(N2C[C@H](C#N)N(c3cncc4ccccc34)C2=O)cc(C)n1. The Bertz CT molecular complexity index is 1030. The molecule has 0 aliphatic carbocycles. The van der Waals surface area contributed by atoms with Crippen molar-refractivity contribution in [1.29, 1.82) is 5.26 Å². The molecule has 6 heteroatoms. The average molecular weight is 343 g/mol. The number of anilines is 2. The van der Waals surface area contributed by atoms with Crippen molar-refractivity contribution in [3.8, 4) is 6.07 Å². The van der Waals surface area contributed by atoms with Gasteiger partial charge in [0.2, 0.25) is 0 Å². The van der Waals surface area contributed by atoms with Crippen LogP contribution in [0.5, 0.6) is 0 Å². The second kappa shape index (κ2) is 6.12. The standard InChI is InChI=1S/C20H17N5O/c1-13-7-16(8-14(2)23-13)24-12-17(9-21)25(20(24)26)19-11-22-10-15-5-3-4-6-18(15)19/h3-8,10-11,17H,12H2,1-2H3/t17-/m0/s1. The van der Waals surface area contributed by atoms with E-state index < -0.39 is 6.04 Å². The average Bonchev–Trinajstić information content (AvgIpc) is 2.97. The van der Waals surface area contributed by atoms with Crippen molar-refractivity contribution < 1.29 is 4.79 Å². The van der Waals surface area contributed by atoms with E-state index in [1.165, 1.54) is 0 Å². The van der Waals surface area contributed by atoms with Crippen molar-refractivity contribution in [3.63, 3.8) is 0 Å². The Hall–Kier alpha value is -3.46. The zero-order valence-corrected chi connectivity index (χ0v) is 14.5. The minimum Gasteiger partial charge on any atom is -0.291 e. The third-order valence-electron chi connectivity index (χ3n) is 4.54. The van der Waals surface area contributed by atoms with E-state index in [4.69, 9.17) is 0 Å². The van der Waals surface area contributed by atoms with Gasteiger partial charge in [-0.25, -0.2) is 4.79 Å². The Balaban J connectivity index is 1.81. The number of hydrogen-bond acceptors (Lipinski definition) is 4. The predicted octanol–water partition coefficient (Wildman–Crippen LogP) is 3.59. The summed E-state index contributed by atoms with van der Waals surface area (Å²) in [7, 11) is 0. The molecule has 26 heavy (non-hydrogen) atoms. The highest BCUT2D eigenvalue weighted by atomic mass is 16.2. The number of fused-ring (bicyclic) bond motifs is 1. The summed E-state index contributed by atoms with van der Waals surface area (Å²) in [6.07, 6.45) is 3.41. The molecule has 1 aromatic carbocycles. The summed E-state index contributed by atoms with van der Waals surface area (Å²) >= 11 is 0. The smallest absolute Gasteiger partial charge is 0.291 e. The van der Waals surface area contributed by atoms with Gasteiger partial charge in [0.05, 0.1) is 24.5 Å². The van der Waals surface area contributed by atoms with E-state index in [2.05, 4.69) is 16.0 Å². The van der Waals surface area contributed by atoms with E-state index in [-0.39, 0.29) is 6.03 Å². The maximum atomic E-state index is 13.2. The van der Waals surface area contributed by atoms with Crippen LogP contribution in [0.4, 0.5) is 16.2 Å². The van der Waals surface area contributed by atoms with Crippen LogP contribution in [-0.2, 0) is 0 Å². The van der Waals surface area contributed by atoms with Crippen molar-refractivity contribution in [3.05, 3.63) is 60.2 Å². The lowest BCUT2D eigenvalue weighted by atomic mass is 10.1. The van der Waals surface area contributed by atoms with Crippen molar-refractivity contribution in [2.24, 2.45) is 0 Å². The molecule has 3 aromatic rings. The summed E-state index contributed by atoms with van der Waals surface area (Å²) < 4.78 is 0. The molecule has 0 unspecified atom stereocenters. The summed E-state index contributed by atoms with van der Waals surface area (Å²) in [6, 6.07) is 12.9. The van der Waals surface area contributed by atoms with Crippen LogP contribution >= 0.6 is 0 Å². The zero-order valence-electron chi connectivity index (χ0n) is 14.5. The van der Waals surface area contributed by atoms with Gasteiger partial charge in [-0.1, -0.05) is 24.3 Å². The van der Waals surface area contributed by atoms with Gasteiger partial charge in [0.25, 0.3) is 0 Å². The molecule has 1 aliphatic heterocycles. The van der Waals surface area contributed by atoms with Gasteiger partial charge in [-0.05, 0) is 26.0 Å². The number of carbonyl (C=O) groups excluding carboxylic acids is 1. The molecule has 3 heterocycles. The van der Waals surface area contributed by atoms with E-state index in [0.29, 0.717) is 12.2 Å². The third-order valence-corrected chi connectivity index (χ3v) is 4.54. The van der Waals surface area contributed by atoms with Gasteiger partial charge in [-0.15, -0.1) is 0 Å². The van der Waals surface area contributed by atoms with Gasteiger partial charge in [0.1, 0.15) is 6.04 Å². The van der Waals surface area contributed by atoms with E-state index in [0.717, 1.165) is 27.8 Å². The normalized spacial score (nSPS) is 17.0. The molecule has 0 N–H and O–H groups in total. The van der Waals surface area contributed by atoms with Crippen molar-refractivity contribution in [1.82, 2.24) is 9.97 Å². The van der Waals surface area contributed by atoms with E-state index in [1.54, 1.807) is 22.2 Å². The molecular weight excluding hydrogens is 326 g/mol. The predicted molar refractivity (Wildman–Crippen MR) is 100 cm³/mol. The maximum absolute atomic E-state index is 13.2. The van der Waals surface area contributed by atoms with E-state index in [1.807, 2.05) is 50.2 Å². The van der Waals surface area contributed by atoms with Gasteiger partial charge in [0, 0.05) is 34.0 Å². The van der Waals surface area contributed by atoms with E-state index >= 15 is 0 Å². The fourth-order valence-electron chi connectivity index (χ4n) is 3.44. The first kappa shape index (κ1) is 16.0. The first-order chi connectivity index (χ1) is 12.6. The van der Waals surface area contributed by atoms with Crippen LogP contribution in [0.2, 0.25) is 0 Å². The number of nitrogens with zero attached hydrogens (tertiary/aromatic N) is 5. The lowest BCUT2D eigenvalue weighted by Gasteiger charge is -2.21. The maximum Gasteiger partial charge on any atom is 0.330 e. The first-order valence-electron chi connectivity index (χ1n) is 8.37. The molecule has 0 saturated carbocycles. The second-order valence-electron chi connectivity index (χ2n) is 6.40. The Morgan fingerprint density at radius 3 is 2.62 bits per heavy atom. The Kier molecular flexibility index (Phi) is 3.77. The summed E-state index contributed by atoms with van der Waals surface area (Å²) in [4.78, 5) is 25.0. The molecular formula is C20H17N5O. The largest absolute Gasteiger partial charge is 0.330 e. The number of carbonyl (C=O) groups is 1. The Morgan fingerprint density at radius 1 is 1.15 bits per heavy atom. The number of amides is 2. The number of aromatic nitrogens is 2. The van der Waals surface area contributed by atoms with Crippen LogP contribution in [0.3, 0.4) is 0 Å². The van der Waals surface area contributed by atoms with Gasteiger partial charge in [-0.2, -0.15) is 5.26 Å². The van der Waals surface area contributed by atoms with Crippen LogP contribution in [0.1, 0.15) is 11.4 Å². The summed E-state index contributed by atoms with van der Waals surface area (Å²) in [5, 5.41) is 11.5. The first-order valence-corrected chi connectivity index (χ1v) is 8.37. The highest BCUT2D eigenvalue weighted by molar-refractivity contribution is 6.11. The molecule has 2 aromatic heterocycles. The molecule has 1 saturated heterocycles. The van der Waals surface area contributed by atoms with Gasteiger partial charge in [0.15, 0.2) is 0 Å². The summed E-state index contributed by atoms with van der Waals surface area (Å²) in [5.74, 6) is 0. The van der Waals surface area contributed by atoms with Gasteiger partial charge < -0.3 is 0 Å². The molecule has 128 valence electrons. The number of nitriles is 1. The number of rotatable bonds is 2. The van der Waals surface area contributed by atoms with Crippen LogP contribution in [0, 0.1) is 25.2 Å². The van der Waals surface area contributed by atoms with Crippen molar-refractivity contribution in [2.75, 3.05) is 16.3 Å². The molecule has 0 bridgehead atoms. The van der Waals surface area contributed by atoms with Crippen LogP contribution < -0.4 is 9.80 Å². The molecule has 1 atom stereocenters. The molecule has 1 aliphatic rings. The molecule has 4 rings (SSSR count). The minimum absolute atomic E-state index is 0.222. The van der Waals surface area contributed by atoms with Crippen molar-refractivity contribution >= 4 is 28.2 Å². The van der Waals surface area contributed by atoms with Crippen LogP contribution in [-0.4, -0.2) is 28.6 Å². The van der Waals surface area contributed by atoms with Gasteiger partial charge in [-0.3, -0.25) is 19.8 Å². The number of hydrogen-bond donors (Lipinski definition) is 0. The Morgan fingerprint density at radius 2 is 1.88 bits per heavy atom. The third kappa shape index (κ3) is 2.54. The number of aryl methyl sites for hydroxylation is 2. The molecule has 0 spiro atoms. The fraction of sp³-hybridized carbons (Fsp3) is 0.200. The fourth-order valence-corrected chi connectivity index (χ4v) is 3.44. The lowest BCUT2D eigenvalue weighted by molar-refractivity contribution is 0.255. The quantitative estimate of drug-likeness (QED) is 0.713. The topological polar surface area (TPSA) is 73.1 Å². The minimum atomic E-state index is -0.580. The highest BCUT2D eigenvalue weighted by Gasteiger charge is 2.40. The van der Waals surface area contributed by atoms with Crippen LogP contribution in [0.25, 0.3) is 10.8 Å². The van der Waals surface area contributed by atoms with Crippen LogP contribution in [0.15, 0.2) is 48.8 Å². The monoisotopic (exact) mass is 343 g/mol. The van der Waals surface area contributed by atoms with Crippen molar-refractivity contribution in [2.45, 2.75) is 19.9 Å². The molecule has 0 radical (unpaired) electrons. The zero-order chi connectivity index (χ0) is 18.3. The van der Waals surface area contributed by atoms with Gasteiger partial charge >= 0.3 is 6.03 Å². The number of urea groups is 1.